The van der Waals surface area contributed by atoms with Crippen molar-refractivity contribution in [1.82, 2.24) is 0 Å². The van der Waals surface area contributed by atoms with Gasteiger partial charge in [0, 0.05) is 21.9 Å². The first kappa shape index (κ1) is 25.1. The molecule has 0 amide bonds. The summed E-state index contributed by atoms with van der Waals surface area (Å²) in [5.41, 5.74) is 8.83. The van der Waals surface area contributed by atoms with E-state index in [0.717, 1.165) is 5.69 Å². The lowest BCUT2D eigenvalue weighted by atomic mass is 9.79. The molecule has 1 nitrogen and oxygen atoms in total. The fourth-order valence-corrected chi connectivity index (χ4v) is 7.63. The largest absolute Gasteiger partial charge is 0.309 e. The molecule has 1 aliphatic carbocycles. The Morgan fingerprint density at radius 2 is 1.00 bits per heavy atom. The van der Waals surface area contributed by atoms with E-state index in [1.165, 1.54) is 76.7 Å². The van der Waals surface area contributed by atoms with E-state index in [-0.39, 0.29) is 5.41 Å². The molecule has 0 aliphatic heterocycles. The van der Waals surface area contributed by atoms with Gasteiger partial charge < -0.3 is 4.90 Å². The third kappa shape index (κ3) is 3.59. The van der Waals surface area contributed by atoms with E-state index in [0.29, 0.717) is 0 Å². The third-order valence-corrected chi connectivity index (χ3v) is 9.72. The fraction of sp³-hybridized carbons (Fsp3) is 0.0698. The summed E-state index contributed by atoms with van der Waals surface area (Å²) in [5.74, 6) is 0. The molecule has 0 unspecified atom stereocenters. The monoisotopic (exact) mass is 561 g/mol. The van der Waals surface area contributed by atoms with Gasteiger partial charge in [0.05, 0.1) is 11.4 Å². The minimum absolute atomic E-state index is 0.215. The number of benzene rings is 8. The Bertz CT molecular complexity index is 2420. The molecule has 0 N–H and O–H groups in total. The van der Waals surface area contributed by atoms with Crippen molar-refractivity contribution in [3.63, 3.8) is 0 Å². The standard InChI is InChI=1S/C43H31N/c1-43(2)39-27-32-16-6-5-15-31(32)25-37(39)38-26-33-17-8-10-20-36(33)42(41(38)43)44(34-23-22-28-12-3-4-14-30(28)24-34)40-21-11-18-29-13-7-9-19-35(29)40/h3-27H,1-2H3. The Balaban J connectivity index is 1.44. The molecule has 0 atom stereocenters. The van der Waals surface area contributed by atoms with Crippen molar-refractivity contribution in [2.24, 2.45) is 0 Å². The molecule has 1 aliphatic rings. The Kier molecular flexibility index (Phi) is 5.31. The molecule has 8 aromatic rings. The van der Waals surface area contributed by atoms with E-state index in [9.17, 15) is 0 Å². The zero-order valence-corrected chi connectivity index (χ0v) is 24.9. The predicted octanol–water partition coefficient (Wildman–Crippen LogP) is 12.1. The van der Waals surface area contributed by atoms with Crippen LogP contribution in [-0.2, 0) is 5.41 Å². The Morgan fingerprint density at radius 1 is 0.432 bits per heavy atom. The van der Waals surface area contributed by atoms with Gasteiger partial charge in [-0.05, 0) is 91.0 Å². The van der Waals surface area contributed by atoms with Crippen LogP contribution in [0.2, 0.25) is 0 Å². The van der Waals surface area contributed by atoms with Gasteiger partial charge in [-0.25, -0.2) is 0 Å². The van der Waals surface area contributed by atoms with Gasteiger partial charge in [0.1, 0.15) is 0 Å². The quantitative estimate of drug-likeness (QED) is 0.207. The number of hydrogen-bond donors (Lipinski definition) is 0. The molecule has 0 fully saturated rings. The molecule has 0 aromatic heterocycles. The number of hydrogen-bond acceptors (Lipinski definition) is 1. The molecule has 8 aromatic carbocycles. The van der Waals surface area contributed by atoms with Crippen LogP contribution in [0.4, 0.5) is 17.1 Å². The smallest absolute Gasteiger partial charge is 0.0587 e. The molecule has 44 heavy (non-hydrogen) atoms. The molecule has 0 bridgehead atoms. The van der Waals surface area contributed by atoms with Gasteiger partial charge in [0.2, 0.25) is 0 Å². The Labute approximate surface area is 257 Å². The lowest BCUT2D eigenvalue weighted by Gasteiger charge is -2.34. The molecule has 0 heterocycles. The van der Waals surface area contributed by atoms with E-state index < -0.39 is 0 Å². The van der Waals surface area contributed by atoms with Crippen LogP contribution in [0.3, 0.4) is 0 Å². The lowest BCUT2D eigenvalue weighted by molar-refractivity contribution is 0.662. The molecule has 208 valence electrons. The highest BCUT2D eigenvalue weighted by Gasteiger charge is 2.40. The minimum atomic E-state index is -0.215. The summed E-state index contributed by atoms with van der Waals surface area (Å²) >= 11 is 0. The summed E-state index contributed by atoms with van der Waals surface area (Å²) in [7, 11) is 0. The summed E-state index contributed by atoms with van der Waals surface area (Å²) < 4.78 is 0. The van der Waals surface area contributed by atoms with Gasteiger partial charge >= 0.3 is 0 Å². The second-order valence-electron chi connectivity index (χ2n) is 12.6. The van der Waals surface area contributed by atoms with E-state index in [1.54, 1.807) is 0 Å². The summed E-state index contributed by atoms with van der Waals surface area (Å²) in [4.78, 5) is 2.54. The number of anilines is 3. The maximum absolute atomic E-state index is 2.54. The first-order chi connectivity index (χ1) is 21.6. The number of fused-ring (bicyclic) bond motifs is 7. The van der Waals surface area contributed by atoms with Crippen LogP contribution in [0.25, 0.3) is 54.2 Å². The zero-order chi connectivity index (χ0) is 29.4. The van der Waals surface area contributed by atoms with Crippen LogP contribution in [0.15, 0.2) is 152 Å². The summed E-state index contributed by atoms with van der Waals surface area (Å²) in [5, 5.41) is 10.0. The van der Waals surface area contributed by atoms with Crippen molar-refractivity contribution < 1.29 is 0 Å². The lowest BCUT2D eigenvalue weighted by Crippen LogP contribution is -2.21. The van der Waals surface area contributed by atoms with E-state index in [1.807, 2.05) is 0 Å². The van der Waals surface area contributed by atoms with Gasteiger partial charge in [-0.2, -0.15) is 0 Å². The van der Waals surface area contributed by atoms with Crippen molar-refractivity contribution in [3.05, 3.63) is 163 Å². The Morgan fingerprint density at radius 3 is 1.77 bits per heavy atom. The van der Waals surface area contributed by atoms with Crippen LogP contribution in [0, 0.1) is 0 Å². The zero-order valence-electron chi connectivity index (χ0n) is 24.9. The summed E-state index contributed by atoms with van der Waals surface area (Å²) in [6.45, 7) is 4.82. The molecule has 0 saturated carbocycles. The van der Waals surface area contributed by atoms with E-state index in [4.69, 9.17) is 0 Å². The fourth-order valence-electron chi connectivity index (χ4n) is 7.63. The van der Waals surface area contributed by atoms with Gasteiger partial charge in [0.15, 0.2) is 0 Å². The predicted molar refractivity (Wildman–Crippen MR) is 189 cm³/mol. The average molecular weight is 562 g/mol. The van der Waals surface area contributed by atoms with Crippen LogP contribution < -0.4 is 4.90 Å². The third-order valence-electron chi connectivity index (χ3n) is 9.72. The van der Waals surface area contributed by atoms with E-state index in [2.05, 4.69) is 170 Å². The topological polar surface area (TPSA) is 3.24 Å². The van der Waals surface area contributed by atoms with Crippen molar-refractivity contribution in [2.75, 3.05) is 4.90 Å². The first-order valence-corrected chi connectivity index (χ1v) is 15.4. The first-order valence-electron chi connectivity index (χ1n) is 15.4. The normalized spacial score (nSPS) is 13.4. The number of rotatable bonds is 3. The van der Waals surface area contributed by atoms with Gasteiger partial charge in [-0.3, -0.25) is 0 Å². The van der Waals surface area contributed by atoms with Gasteiger partial charge in [-0.15, -0.1) is 0 Å². The Hall–Kier alpha value is -5.40. The summed E-state index contributed by atoms with van der Waals surface area (Å²) in [6, 6.07) is 56.0. The maximum atomic E-state index is 2.54. The average Bonchev–Trinajstić information content (AvgIpc) is 3.28. The SMILES string of the molecule is CC1(C)c2cc3ccccc3cc2-c2cc3ccccc3c(N(c3ccc4ccccc4c3)c3cccc4ccccc34)c21. The molecule has 0 radical (unpaired) electrons. The highest BCUT2D eigenvalue weighted by atomic mass is 15.1. The van der Waals surface area contributed by atoms with Crippen molar-refractivity contribution >= 4 is 60.2 Å². The van der Waals surface area contributed by atoms with Crippen LogP contribution >= 0.6 is 0 Å². The highest BCUT2D eigenvalue weighted by molar-refractivity contribution is 6.11. The number of nitrogens with zero attached hydrogens (tertiary/aromatic N) is 1. The van der Waals surface area contributed by atoms with Crippen molar-refractivity contribution in [2.45, 2.75) is 19.3 Å². The molecular formula is C43H31N. The molecule has 9 rings (SSSR count). The highest BCUT2D eigenvalue weighted by Crippen LogP contribution is 2.57. The van der Waals surface area contributed by atoms with Gasteiger partial charge in [-0.1, -0.05) is 129 Å². The van der Waals surface area contributed by atoms with Crippen LogP contribution in [-0.4, -0.2) is 0 Å². The molecule has 0 saturated heterocycles. The van der Waals surface area contributed by atoms with Crippen molar-refractivity contribution in [1.29, 1.82) is 0 Å². The molecule has 1 heteroatoms. The molecular weight excluding hydrogens is 530 g/mol. The van der Waals surface area contributed by atoms with Crippen LogP contribution in [0.5, 0.6) is 0 Å². The van der Waals surface area contributed by atoms with E-state index >= 15 is 0 Å². The second-order valence-corrected chi connectivity index (χ2v) is 12.6. The molecule has 0 spiro atoms. The van der Waals surface area contributed by atoms with Crippen LogP contribution in [0.1, 0.15) is 25.0 Å². The minimum Gasteiger partial charge on any atom is -0.309 e. The second kappa shape index (κ2) is 9.30. The van der Waals surface area contributed by atoms with Crippen molar-refractivity contribution in [3.8, 4) is 11.1 Å². The van der Waals surface area contributed by atoms with Gasteiger partial charge in [0.25, 0.3) is 0 Å². The maximum Gasteiger partial charge on any atom is 0.0587 e. The summed E-state index contributed by atoms with van der Waals surface area (Å²) in [6.07, 6.45) is 0.